The number of hydrazine groups is 1. The highest BCUT2D eigenvalue weighted by Gasteiger charge is 2.16. The molecule has 0 bridgehead atoms. The van der Waals surface area contributed by atoms with Crippen LogP contribution in [0.2, 0.25) is 0 Å². The number of hydrogen-bond donors (Lipinski definition) is 2. The summed E-state index contributed by atoms with van der Waals surface area (Å²) in [6.45, 7) is 2.93. The van der Waals surface area contributed by atoms with Gasteiger partial charge in [0, 0.05) is 18.3 Å². The molecule has 92 valence electrons. The maximum absolute atomic E-state index is 5.58. The van der Waals surface area contributed by atoms with E-state index < -0.39 is 0 Å². The third kappa shape index (κ3) is 2.77. The van der Waals surface area contributed by atoms with Crippen molar-refractivity contribution in [1.29, 1.82) is 0 Å². The van der Waals surface area contributed by atoms with E-state index in [1.165, 1.54) is 0 Å². The first-order chi connectivity index (χ1) is 8.24. The van der Waals surface area contributed by atoms with Crippen molar-refractivity contribution in [2.75, 3.05) is 0 Å². The lowest BCUT2D eigenvalue weighted by Crippen LogP contribution is -2.29. The van der Waals surface area contributed by atoms with Crippen LogP contribution in [0, 0.1) is 0 Å². The van der Waals surface area contributed by atoms with Gasteiger partial charge in [0.05, 0.1) is 18.5 Å². The third-order valence-corrected chi connectivity index (χ3v) is 3.32. The van der Waals surface area contributed by atoms with E-state index in [1.54, 1.807) is 6.26 Å². The van der Waals surface area contributed by atoms with Crippen LogP contribution in [0.5, 0.6) is 0 Å². The van der Waals surface area contributed by atoms with Gasteiger partial charge in [0.2, 0.25) is 0 Å². The molecule has 1 atom stereocenters. The molecule has 0 amide bonds. The van der Waals surface area contributed by atoms with Crippen molar-refractivity contribution in [2.45, 2.75) is 25.9 Å². The SMILES string of the molecule is CCn1cc(CC(NN)c2ccoc2Br)cn1. The molecule has 2 aromatic heterocycles. The van der Waals surface area contributed by atoms with E-state index in [-0.39, 0.29) is 6.04 Å². The van der Waals surface area contributed by atoms with Crippen LogP contribution in [0.25, 0.3) is 0 Å². The molecule has 0 aromatic carbocycles. The van der Waals surface area contributed by atoms with Crippen molar-refractivity contribution in [1.82, 2.24) is 15.2 Å². The highest BCUT2D eigenvalue weighted by Crippen LogP contribution is 2.26. The van der Waals surface area contributed by atoms with E-state index in [1.807, 2.05) is 23.1 Å². The largest absolute Gasteiger partial charge is 0.457 e. The van der Waals surface area contributed by atoms with E-state index in [4.69, 9.17) is 10.3 Å². The second kappa shape index (κ2) is 5.48. The van der Waals surface area contributed by atoms with Gasteiger partial charge < -0.3 is 4.42 Å². The Morgan fingerprint density at radius 1 is 1.65 bits per heavy atom. The van der Waals surface area contributed by atoms with Crippen LogP contribution in [-0.2, 0) is 13.0 Å². The molecule has 0 saturated heterocycles. The lowest BCUT2D eigenvalue weighted by molar-refractivity contribution is 0.506. The smallest absolute Gasteiger partial charge is 0.173 e. The number of aryl methyl sites for hydroxylation is 1. The summed E-state index contributed by atoms with van der Waals surface area (Å²) in [5.74, 6) is 5.58. The standard InChI is InChI=1S/C11H15BrN4O/c1-2-16-7-8(6-14-16)5-10(15-13)9-3-4-17-11(9)12/h3-4,6-7,10,15H,2,5,13H2,1H3. The highest BCUT2D eigenvalue weighted by molar-refractivity contribution is 9.10. The number of rotatable bonds is 5. The zero-order valence-corrected chi connectivity index (χ0v) is 11.1. The Labute approximate surface area is 108 Å². The second-order valence-electron chi connectivity index (χ2n) is 3.78. The first kappa shape index (κ1) is 12.3. The topological polar surface area (TPSA) is 69.0 Å². The van der Waals surface area contributed by atoms with Gasteiger partial charge in [-0.25, -0.2) is 0 Å². The molecule has 2 aromatic rings. The molecule has 6 heteroatoms. The Morgan fingerprint density at radius 2 is 2.47 bits per heavy atom. The maximum atomic E-state index is 5.58. The minimum Gasteiger partial charge on any atom is -0.457 e. The van der Waals surface area contributed by atoms with Gasteiger partial charge in [-0.1, -0.05) is 0 Å². The van der Waals surface area contributed by atoms with Crippen LogP contribution in [0.15, 0.2) is 33.8 Å². The third-order valence-electron chi connectivity index (χ3n) is 2.67. The van der Waals surface area contributed by atoms with E-state index in [0.717, 1.165) is 24.1 Å². The molecular weight excluding hydrogens is 284 g/mol. The molecule has 0 saturated carbocycles. The van der Waals surface area contributed by atoms with Crippen molar-refractivity contribution >= 4 is 15.9 Å². The lowest BCUT2D eigenvalue weighted by Gasteiger charge is -2.13. The first-order valence-corrected chi connectivity index (χ1v) is 6.24. The molecule has 0 radical (unpaired) electrons. The lowest BCUT2D eigenvalue weighted by atomic mass is 10.0. The van der Waals surface area contributed by atoms with Crippen molar-refractivity contribution in [3.8, 4) is 0 Å². The van der Waals surface area contributed by atoms with Gasteiger partial charge in [0.25, 0.3) is 0 Å². The molecule has 0 aliphatic rings. The molecule has 1 unspecified atom stereocenters. The molecule has 5 nitrogen and oxygen atoms in total. The minimum atomic E-state index is 0.0117. The monoisotopic (exact) mass is 298 g/mol. The molecule has 17 heavy (non-hydrogen) atoms. The number of hydrogen-bond acceptors (Lipinski definition) is 4. The Morgan fingerprint density at radius 3 is 3.00 bits per heavy atom. The zero-order chi connectivity index (χ0) is 12.3. The Kier molecular flexibility index (Phi) is 3.98. The van der Waals surface area contributed by atoms with Crippen molar-refractivity contribution in [3.05, 3.63) is 40.5 Å². The summed E-state index contributed by atoms with van der Waals surface area (Å²) in [6.07, 6.45) is 6.30. The van der Waals surface area contributed by atoms with Gasteiger partial charge in [0.1, 0.15) is 0 Å². The fourth-order valence-corrected chi connectivity index (χ4v) is 2.25. The van der Waals surface area contributed by atoms with Gasteiger partial charge >= 0.3 is 0 Å². The van der Waals surface area contributed by atoms with Crippen molar-refractivity contribution in [2.24, 2.45) is 5.84 Å². The van der Waals surface area contributed by atoms with Gasteiger partial charge in [-0.3, -0.25) is 16.0 Å². The first-order valence-electron chi connectivity index (χ1n) is 5.45. The molecule has 0 aliphatic carbocycles. The fourth-order valence-electron chi connectivity index (χ4n) is 1.73. The number of halogens is 1. The molecule has 0 fully saturated rings. The molecule has 2 heterocycles. The second-order valence-corrected chi connectivity index (χ2v) is 4.50. The zero-order valence-electron chi connectivity index (χ0n) is 9.56. The van der Waals surface area contributed by atoms with Gasteiger partial charge in [-0.05, 0) is 40.9 Å². The minimum absolute atomic E-state index is 0.0117. The summed E-state index contributed by atoms with van der Waals surface area (Å²) in [6, 6.07) is 1.91. The molecule has 0 aliphatic heterocycles. The predicted octanol–water partition coefficient (Wildman–Crippen LogP) is 2.01. The fraction of sp³-hybridized carbons (Fsp3) is 0.364. The number of nitrogens with two attached hydrogens (primary N) is 1. The summed E-state index contributed by atoms with van der Waals surface area (Å²) in [5, 5.41) is 4.24. The number of aromatic nitrogens is 2. The predicted molar refractivity (Wildman–Crippen MR) is 68.1 cm³/mol. The Bertz CT molecular complexity index is 479. The van der Waals surface area contributed by atoms with Crippen LogP contribution in [-0.4, -0.2) is 9.78 Å². The highest BCUT2D eigenvalue weighted by atomic mass is 79.9. The van der Waals surface area contributed by atoms with Gasteiger partial charge in [-0.2, -0.15) is 5.10 Å². The molecule has 0 spiro atoms. The summed E-state index contributed by atoms with van der Waals surface area (Å²) < 4.78 is 7.82. The quantitative estimate of drug-likeness (QED) is 0.654. The van der Waals surface area contributed by atoms with E-state index in [0.29, 0.717) is 4.67 Å². The summed E-state index contributed by atoms with van der Waals surface area (Å²) in [4.78, 5) is 0. The average molecular weight is 299 g/mol. The summed E-state index contributed by atoms with van der Waals surface area (Å²) in [7, 11) is 0. The van der Waals surface area contributed by atoms with Crippen molar-refractivity contribution < 1.29 is 4.42 Å². The number of nitrogens with zero attached hydrogens (tertiary/aromatic N) is 2. The molecule has 3 N–H and O–H groups in total. The van der Waals surface area contributed by atoms with Crippen LogP contribution >= 0.6 is 15.9 Å². The number of furan rings is 1. The molecular formula is C11H15BrN4O. The van der Waals surface area contributed by atoms with E-state index in [2.05, 4.69) is 33.4 Å². The van der Waals surface area contributed by atoms with E-state index >= 15 is 0 Å². The number of nitrogens with one attached hydrogen (secondary N) is 1. The molecule has 2 rings (SSSR count). The van der Waals surface area contributed by atoms with Crippen LogP contribution in [0.1, 0.15) is 24.1 Å². The van der Waals surface area contributed by atoms with Crippen LogP contribution in [0.3, 0.4) is 0 Å². The van der Waals surface area contributed by atoms with Gasteiger partial charge in [-0.15, -0.1) is 0 Å². The summed E-state index contributed by atoms with van der Waals surface area (Å²) in [5.41, 5.74) is 4.95. The van der Waals surface area contributed by atoms with Crippen molar-refractivity contribution in [3.63, 3.8) is 0 Å². The average Bonchev–Trinajstić information content (AvgIpc) is 2.95. The van der Waals surface area contributed by atoms with Crippen LogP contribution in [0.4, 0.5) is 0 Å². The Hall–Kier alpha value is -1.11. The van der Waals surface area contributed by atoms with Gasteiger partial charge in [0.15, 0.2) is 4.67 Å². The van der Waals surface area contributed by atoms with Crippen LogP contribution < -0.4 is 11.3 Å². The summed E-state index contributed by atoms with van der Waals surface area (Å²) >= 11 is 3.36. The Balaban J connectivity index is 2.12. The normalized spacial score (nSPS) is 12.9. The van der Waals surface area contributed by atoms with E-state index in [9.17, 15) is 0 Å². The maximum Gasteiger partial charge on any atom is 0.173 e.